The van der Waals surface area contributed by atoms with E-state index in [4.69, 9.17) is 0 Å². The van der Waals surface area contributed by atoms with Crippen molar-refractivity contribution >= 4 is 39.1 Å². The quantitative estimate of drug-likeness (QED) is 0.211. The van der Waals surface area contributed by atoms with Gasteiger partial charge in [-0.2, -0.15) is 0 Å². The fraction of sp³-hybridized carbons (Fsp3) is 0.231. The van der Waals surface area contributed by atoms with Gasteiger partial charge in [0.25, 0.3) is 5.69 Å². The van der Waals surface area contributed by atoms with Crippen LogP contribution in [0.4, 0.5) is 11.4 Å². The zero-order valence-corrected chi connectivity index (χ0v) is 19.5. The molecule has 3 aliphatic carbocycles. The SMILES string of the molecule is Cc1cc(N2C(=O)[C@H]3C4c5ccccc5C(Br)(c5ccccc54)[C@H]3C2=O)c([N+](=O)[O-])cc1C. The predicted octanol–water partition coefficient (Wildman–Crippen LogP) is 5.11. The number of anilines is 1. The minimum Gasteiger partial charge on any atom is -0.274 e. The van der Waals surface area contributed by atoms with Gasteiger partial charge in [-0.25, -0.2) is 4.90 Å². The highest BCUT2D eigenvalue weighted by Crippen LogP contribution is 2.66. The second kappa shape index (κ2) is 6.60. The number of hydrogen-bond donors (Lipinski definition) is 0. The monoisotopic (exact) mass is 502 g/mol. The Labute approximate surface area is 198 Å². The summed E-state index contributed by atoms with van der Waals surface area (Å²) in [6.07, 6.45) is 0. The van der Waals surface area contributed by atoms with Crippen LogP contribution in [0.2, 0.25) is 0 Å². The Morgan fingerprint density at radius 1 is 0.909 bits per heavy atom. The number of nitro groups is 1. The van der Waals surface area contributed by atoms with Crippen LogP contribution < -0.4 is 4.90 Å². The summed E-state index contributed by atoms with van der Waals surface area (Å²) >= 11 is 3.95. The highest BCUT2D eigenvalue weighted by Gasteiger charge is 2.68. The second-order valence-electron chi connectivity index (χ2n) is 9.06. The molecule has 1 saturated heterocycles. The summed E-state index contributed by atoms with van der Waals surface area (Å²) in [5, 5.41) is 11.9. The summed E-state index contributed by atoms with van der Waals surface area (Å²) < 4.78 is -0.879. The number of imide groups is 1. The van der Waals surface area contributed by atoms with Crippen molar-refractivity contribution in [1.82, 2.24) is 0 Å². The van der Waals surface area contributed by atoms with Crippen molar-refractivity contribution in [2.24, 2.45) is 11.8 Å². The maximum atomic E-state index is 14.0. The Hall–Kier alpha value is -3.32. The molecule has 0 spiro atoms. The standard InChI is InChI=1S/C26H19BrN2O4/c1-13-11-19(20(29(32)33)12-14(13)2)28-24(30)22-21-15-7-3-5-9-17(15)26(27,23(22)25(28)31)18-10-6-4-8-16(18)21/h3-12,21-23H,1-2H3/t21?,22-,23+,26?/m0/s1. The molecule has 1 heterocycles. The minimum atomic E-state index is -0.879. The van der Waals surface area contributed by atoms with Gasteiger partial charge in [-0.3, -0.25) is 19.7 Å². The molecule has 2 bridgehead atoms. The molecule has 0 saturated carbocycles. The summed E-state index contributed by atoms with van der Waals surface area (Å²) in [6.45, 7) is 3.60. The highest BCUT2D eigenvalue weighted by atomic mass is 79.9. The minimum absolute atomic E-state index is 0.0520. The topological polar surface area (TPSA) is 80.5 Å². The van der Waals surface area contributed by atoms with Gasteiger partial charge in [0.05, 0.1) is 21.1 Å². The first kappa shape index (κ1) is 20.3. The van der Waals surface area contributed by atoms with Crippen LogP contribution in [-0.4, -0.2) is 16.7 Å². The normalized spacial score (nSPS) is 26.8. The molecule has 7 heteroatoms. The molecule has 0 N–H and O–H groups in total. The zero-order valence-electron chi connectivity index (χ0n) is 17.9. The van der Waals surface area contributed by atoms with E-state index < -0.39 is 27.0 Å². The Morgan fingerprint density at radius 2 is 1.45 bits per heavy atom. The molecule has 1 fully saturated rings. The van der Waals surface area contributed by atoms with Crippen molar-refractivity contribution in [3.8, 4) is 0 Å². The third-order valence-electron chi connectivity index (χ3n) is 7.54. The Balaban J connectivity index is 1.61. The average molecular weight is 503 g/mol. The van der Waals surface area contributed by atoms with E-state index in [0.717, 1.165) is 38.3 Å². The molecule has 3 aromatic carbocycles. The van der Waals surface area contributed by atoms with Crippen molar-refractivity contribution < 1.29 is 14.5 Å². The summed E-state index contributed by atoms with van der Waals surface area (Å²) in [4.78, 5) is 40.4. The molecule has 2 amide bonds. The molecular formula is C26H19BrN2O4. The van der Waals surface area contributed by atoms with Gasteiger partial charge in [-0.05, 0) is 53.3 Å². The summed E-state index contributed by atoms with van der Waals surface area (Å²) in [5.74, 6) is -2.39. The maximum Gasteiger partial charge on any atom is 0.293 e. The second-order valence-corrected chi connectivity index (χ2v) is 10.3. The van der Waals surface area contributed by atoms with Gasteiger partial charge >= 0.3 is 0 Å². The van der Waals surface area contributed by atoms with Gasteiger partial charge in [0, 0.05) is 12.0 Å². The third kappa shape index (κ3) is 2.38. The lowest BCUT2D eigenvalue weighted by Crippen LogP contribution is -2.50. The number of halogens is 1. The van der Waals surface area contributed by atoms with Crippen molar-refractivity contribution in [2.75, 3.05) is 4.90 Å². The van der Waals surface area contributed by atoms with E-state index in [-0.39, 0.29) is 23.2 Å². The summed E-state index contributed by atoms with van der Waals surface area (Å²) in [5.41, 5.74) is 5.34. The van der Waals surface area contributed by atoms with Crippen LogP contribution in [0.3, 0.4) is 0 Å². The molecule has 164 valence electrons. The fourth-order valence-corrected chi connectivity index (χ4v) is 7.23. The van der Waals surface area contributed by atoms with E-state index in [0.29, 0.717) is 0 Å². The van der Waals surface area contributed by atoms with E-state index >= 15 is 0 Å². The van der Waals surface area contributed by atoms with Gasteiger partial charge < -0.3 is 0 Å². The van der Waals surface area contributed by atoms with Crippen molar-refractivity contribution in [3.63, 3.8) is 0 Å². The molecular weight excluding hydrogens is 484 g/mol. The first-order chi connectivity index (χ1) is 15.8. The Bertz CT molecular complexity index is 1370. The van der Waals surface area contributed by atoms with Crippen molar-refractivity contribution in [3.05, 3.63) is 104 Å². The molecule has 33 heavy (non-hydrogen) atoms. The highest BCUT2D eigenvalue weighted by molar-refractivity contribution is 9.09. The van der Waals surface area contributed by atoms with Crippen LogP contribution in [0.1, 0.15) is 39.3 Å². The smallest absolute Gasteiger partial charge is 0.274 e. The number of aryl methyl sites for hydroxylation is 2. The van der Waals surface area contributed by atoms with Crippen LogP contribution in [0.25, 0.3) is 0 Å². The van der Waals surface area contributed by atoms with Gasteiger partial charge in [0.15, 0.2) is 0 Å². The number of hydrogen-bond acceptors (Lipinski definition) is 4. The first-order valence-corrected chi connectivity index (χ1v) is 11.6. The van der Waals surface area contributed by atoms with Gasteiger partial charge in [0.1, 0.15) is 5.69 Å². The molecule has 1 aliphatic heterocycles. The molecule has 3 aromatic rings. The van der Waals surface area contributed by atoms with Crippen molar-refractivity contribution in [2.45, 2.75) is 24.1 Å². The van der Waals surface area contributed by atoms with Gasteiger partial charge in [-0.1, -0.05) is 64.5 Å². The van der Waals surface area contributed by atoms with Crippen LogP contribution >= 0.6 is 15.9 Å². The number of rotatable bonds is 2. The van der Waals surface area contributed by atoms with Gasteiger partial charge in [0.2, 0.25) is 11.8 Å². The zero-order chi connectivity index (χ0) is 23.2. The largest absolute Gasteiger partial charge is 0.293 e. The van der Waals surface area contributed by atoms with Crippen molar-refractivity contribution in [1.29, 1.82) is 0 Å². The molecule has 0 radical (unpaired) electrons. The van der Waals surface area contributed by atoms with E-state index in [9.17, 15) is 19.7 Å². The Morgan fingerprint density at radius 3 is 2.03 bits per heavy atom. The summed E-state index contributed by atoms with van der Waals surface area (Å²) in [7, 11) is 0. The lowest BCUT2D eigenvalue weighted by molar-refractivity contribution is -0.384. The number of nitrogens with zero attached hydrogens (tertiary/aromatic N) is 2. The lowest BCUT2D eigenvalue weighted by Gasteiger charge is -2.51. The van der Waals surface area contributed by atoms with E-state index in [1.165, 1.54) is 6.07 Å². The predicted molar refractivity (Wildman–Crippen MR) is 126 cm³/mol. The van der Waals surface area contributed by atoms with Crippen LogP contribution in [-0.2, 0) is 13.9 Å². The molecule has 0 aromatic heterocycles. The van der Waals surface area contributed by atoms with E-state index in [2.05, 4.69) is 15.9 Å². The van der Waals surface area contributed by atoms with E-state index in [1.54, 1.807) is 13.0 Å². The summed E-state index contributed by atoms with van der Waals surface area (Å²) in [6, 6.07) is 18.8. The third-order valence-corrected chi connectivity index (χ3v) is 8.89. The molecule has 4 aliphatic rings. The number of alkyl halides is 1. The lowest BCUT2D eigenvalue weighted by atomic mass is 9.55. The van der Waals surface area contributed by atoms with Crippen LogP contribution in [0, 0.1) is 35.8 Å². The van der Waals surface area contributed by atoms with Crippen LogP contribution in [0.15, 0.2) is 60.7 Å². The Kier molecular flexibility index (Phi) is 4.06. The number of carbonyl (C=O) groups is 2. The molecule has 6 nitrogen and oxygen atoms in total. The number of nitro benzene ring substituents is 1. The first-order valence-electron chi connectivity index (χ1n) is 10.8. The fourth-order valence-electron chi connectivity index (χ4n) is 6.03. The average Bonchev–Trinajstić information content (AvgIpc) is 3.07. The maximum absolute atomic E-state index is 14.0. The number of benzene rings is 3. The van der Waals surface area contributed by atoms with Gasteiger partial charge in [-0.15, -0.1) is 0 Å². The van der Waals surface area contributed by atoms with E-state index in [1.807, 2.05) is 55.5 Å². The molecule has 0 unspecified atom stereocenters. The molecule has 2 atom stereocenters. The number of amides is 2. The number of carbonyl (C=O) groups excluding carboxylic acids is 2. The molecule has 7 rings (SSSR count). The van der Waals surface area contributed by atoms with Crippen LogP contribution in [0.5, 0.6) is 0 Å².